The third-order valence-corrected chi connectivity index (χ3v) is 9.40. The van der Waals surface area contributed by atoms with Crippen LogP contribution in [-0.2, 0) is 47.7 Å². The fourth-order valence-corrected chi connectivity index (χ4v) is 7.15. The Balaban J connectivity index is 1.88. The number of nitrogens with one attached hydrogen (secondary N) is 1. The maximum absolute atomic E-state index is 13.5. The highest BCUT2D eigenvalue weighted by Crippen LogP contribution is 2.23. The lowest BCUT2D eigenvalue weighted by Crippen LogP contribution is -2.60. The van der Waals surface area contributed by atoms with E-state index in [0.29, 0.717) is 5.56 Å². The van der Waals surface area contributed by atoms with E-state index in [1.807, 2.05) is 0 Å². The number of hydrogen-bond donors (Lipinski definition) is 1. The number of hydrogen-bond acceptors (Lipinski definition) is 10. The van der Waals surface area contributed by atoms with Gasteiger partial charge in [0.2, 0.25) is 15.9 Å². The number of carbonyl (C=O) groups excluding carboxylic acids is 3. The van der Waals surface area contributed by atoms with E-state index in [9.17, 15) is 31.2 Å². The van der Waals surface area contributed by atoms with Crippen LogP contribution in [0.1, 0.15) is 26.3 Å². The Labute approximate surface area is 239 Å². The van der Waals surface area contributed by atoms with Gasteiger partial charge in [0.15, 0.2) is 9.84 Å². The Bertz CT molecular complexity index is 1490. The molecule has 0 radical (unpaired) electrons. The van der Waals surface area contributed by atoms with Crippen LogP contribution in [0.5, 0.6) is 5.75 Å². The molecule has 2 atom stereocenters. The zero-order chi connectivity index (χ0) is 30.8. The summed E-state index contributed by atoms with van der Waals surface area (Å²) >= 11 is 0. The van der Waals surface area contributed by atoms with Crippen molar-refractivity contribution in [2.75, 3.05) is 32.1 Å². The Morgan fingerprint density at radius 3 is 2.34 bits per heavy atom. The average molecular weight is 614 g/mol. The zero-order valence-corrected chi connectivity index (χ0v) is 25.4. The molecule has 1 aliphatic heterocycles. The van der Waals surface area contributed by atoms with Gasteiger partial charge in [-0.05, 0) is 38.5 Å². The fourth-order valence-electron chi connectivity index (χ4n) is 3.91. The quantitative estimate of drug-likeness (QED) is 0.409. The van der Waals surface area contributed by atoms with Crippen molar-refractivity contribution >= 4 is 37.8 Å². The molecule has 41 heavy (non-hydrogen) atoms. The predicted octanol–water partition coefficient (Wildman–Crippen LogP) is 0.337. The van der Waals surface area contributed by atoms with E-state index in [-0.39, 0.29) is 17.1 Å². The standard InChI is InChI=1S/C25H35N5O9S2/c1-25(2,3)39-23(32)20(13-17-7-9-18(10-8-17)38-24(33)28(4)5)27-22(31)21-16-40(34,35)12-11-30(21)41(36,37)19-14-26-29(6)15-19/h7-10,14-15,20-21H,11-13,16H2,1-6H3,(H,27,31)/t20-,21?/m0/s1. The van der Waals surface area contributed by atoms with Gasteiger partial charge >= 0.3 is 12.1 Å². The number of carbonyl (C=O) groups is 3. The topological polar surface area (TPSA) is 174 Å². The van der Waals surface area contributed by atoms with Gasteiger partial charge in [0.1, 0.15) is 28.3 Å². The maximum Gasteiger partial charge on any atom is 0.414 e. The van der Waals surface area contributed by atoms with Crippen LogP contribution in [0, 0.1) is 0 Å². The normalized spacial score (nSPS) is 18.2. The maximum atomic E-state index is 13.5. The number of sulfonamides is 1. The highest BCUT2D eigenvalue weighted by Gasteiger charge is 2.44. The monoisotopic (exact) mass is 613 g/mol. The molecule has 0 aliphatic carbocycles. The summed E-state index contributed by atoms with van der Waals surface area (Å²) in [6.07, 6.45) is 1.70. The zero-order valence-electron chi connectivity index (χ0n) is 23.7. The number of sulfone groups is 1. The van der Waals surface area contributed by atoms with Crippen LogP contribution in [0.25, 0.3) is 0 Å². The van der Waals surface area contributed by atoms with Crippen molar-refractivity contribution in [2.45, 2.75) is 49.8 Å². The molecule has 14 nitrogen and oxygen atoms in total. The third kappa shape index (κ3) is 8.50. The molecule has 0 spiro atoms. The molecule has 2 amide bonds. The first-order valence-electron chi connectivity index (χ1n) is 12.6. The van der Waals surface area contributed by atoms with Crippen LogP contribution in [0.3, 0.4) is 0 Å². The van der Waals surface area contributed by atoms with Gasteiger partial charge in [0.05, 0.1) is 17.7 Å². The third-order valence-electron chi connectivity index (χ3n) is 5.91. The molecule has 1 aliphatic rings. The molecule has 2 heterocycles. The largest absolute Gasteiger partial charge is 0.458 e. The molecule has 1 N–H and O–H groups in total. The van der Waals surface area contributed by atoms with Crippen LogP contribution in [0.15, 0.2) is 41.6 Å². The predicted molar refractivity (Wildman–Crippen MR) is 147 cm³/mol. The Morgan fingerprint density at radius 1 is 1.17 bits per heavy atom. The summed E-state index contributed by atoms with van der Waals surface area (Å²) in [5.74, 6) is -2.72. The first-order valence-corrected chi connectivity index (χ1v) is 15.9. The second-order valence-corrected chi connectivity index (χ2v) is 14.9. The Hall–Kier alpha value is -3.50. The van der Waals surface area contributed by atoms with E-state index in [0.717, 1.165) is 10.5 Å². The summed E-state index contributed by atoms with van der Waals surface area (Å²) in [4.78, 5) is 39.5. The molecule has 16 heteroatoms. The van der Waals surface area contributed by atoms with E-state index in [2.05, 4.69) is 10.4 Å². The lowest BCUT2D eigenvalue weighted by atomic mass is 10.0. The van der Waals surface area contributed by atoms with Gasteiger partial charge in [-0.3, -0.25) is 9.48 Å². The molecule has 1 fully saturated rings. The number of amides is 2. The van der Waals surface area contributed by atoms with Crippen LogP contribution >= 0.6 is 0 Å². The molecule has 226 valence electrons. The van der Waals surface area contributed by atoms with E-state index in [1.165, 1.54) is 49.1 Å². The Morgan fingerprint density at radius 2 is 1.80 bits per heavy atom. The highest BCUT2D eigenvalue weighted by molar-refractivity contribution is 7.92. The van der Waals surface area contributed by atoms with Gasteiger partial charge in [0.25, 0.3) is 0 Å². The lowest BCUT2D eigenvalue weighted by molar-refractivity contribution is -0.158. The number of rotatable bonds is 8. The van der Waals surface area contributed by atoms with Crippen LogP contribution in [0.2, 0.25) is 0 Å². The molecule has 0 bridgehead atoms. The van der Waals surface area contributed by atoms with Crippen molar-refractivity contribution in [3.05, 3.63) is 42.2 Å². The molecule has 0 saturated carbocycles. The van der Waals surface area contributed by atoms with Gasteiger partial charge in [-0.1, -0.05) is 12.1 Å². The number of ether oxygens (including phenoxy) is 2. The SMILES string of the molecule is CN(C)C(=O)Oc1ccc(C[C@H](NC(=O)C2CS(=O)(=O)CCN2S(=O)(=O)c2cnn(C)c2)C(=O)OC(C)(C)C)cc1. The number of esters is 1. The van der Waals surface area contributed by atoms with Crippen LogP contribution in [-0.4, -0.2) is 104 Å². The first kappa shape index (κ1) is 32.0. The van der Waals surface area contributed by atoms with E-state index in [1.54, 1.807) is 32.9 Å². The molecule has 1 saturated heterocycles. The van der Waals surface area contributed by atoms with E-state index >= 15 is 0 Å². The van der Waals surface area contributed by atoms with Gasteiger partial charge in [-0.25, -0.2) is 26.4 Å². The number of nitrogens with zero attached hydrogens (tertiary/aromatic N) is 4. The van der Waals surface area contributed by atoms with Crippen molar-refractivity contribution in [1.29, 1.82) is 0 Å². The van der Waals surface area contributed by atoms with Gasteiger partial charge in [-0.2, -0.15) is 9.40 Å². The summed E-state index contributed by atoms with van der Waals surface area (Å²) < 4.78 is 64.4. The summed E-state index contributed by atoms with van der Waals surface area (Å²) in [5, 5.41) is 6.38. The van der Waals surface area contributed by atoms with Crippen molar-refractivity contribution in [2.24, 2.45) is 7.05 Å². The highest BCUT2D eigenvalue weighted by atomic mass is 32.2. The summed E-state index contributed by atoms with van der Waals surface area (Å²) in [5.41, 5.74) is -0.351. The first-order chi connectivity index (χ1) is 18.9. The number of aromatic nitrogens is 2. The van der Waals surface area contributed by atoms with Crippen LogP contribution < -0.4 is 10.1 Å². The number of benzene rings is 1. The molecular weight excluding hydrogens is 578 g/mol. The minimum atomic E-state index is -4.29. The molecule has 1 unspecified atom stereocenters. The molecule has 2 aromatic rings. The summed E-state index contributed by atoms with van der Waals surface area (Å²) in [6.45, 7) is 4.50. The minimum Gasteiger partial charge on any atom is -0.458 e. The van der Waals surface area contributed by atoms with Gasteiger partial charge in [-0.15, -0.1) is 0 Å². The van der Waals surface area contributed by atoms with Crippen molar-refractivity contribution < 1.29 is 40.7 Å². The van der Waals surface area contributed by atoms with Gasteiger partial charge in [0, 0.05) is 40.3 Å². The summed E-state index contributed by atoms with van der Waals surface area (Å²) in [6, 6.07) is 3.29. The molecule has 1 aromatic heterocycles. The number of aryl methyl sites for hydroxylation is 1. The van der Waals surface area contributed by atoms with E-state index in [4.69, 9.17) is 9.47 Å². The summed E-state index contributed by atoms with van der Waals surface area (Å²) in [7, 11) is -3.46. The van der Waals surface area contributed by atoms with Crippen molar-refractivity contribution in [3.63, 3.8) is 0 Å². The fraction of sp³-hybridized carbons (Fsp3) is 0.520. The second kappa shape index (κ2) is 12.2. The van der Waals surface area contributed by atoms with Crippen molar-refractivity contribution in [1.82, 2.24) is 24.3 Å². The molecular formula is C25H35N5O9S2. The van der Waals surface area contributed by atoms with Gasteiger partial charge < -0.3 is 19.7 Å². The van der Waals surface area contributed by atoms with Crippen LogP contribution in [0.4, 0.5) is 4.79 Å². The minimum absolute atomic E-state index is 0.0720. The molecule has 3 rings (SSSR count). The molecule has 1 aromatic carbocycles. The van der Waals surface area contributed by atoms with Crippen molar-refractivity contribution in [3.8, 4) is 5.75 Å². The van der Waals surface area contributed by atoms with E-state index < -0.39 is 73.6 Å². The average Bonchev–Trinajstić information content (AvgIpc) is 3.30. The Kier molecular flexibility index (Phi) is 9.50. The lowest BCUT2D eigenvalue weighted by Gasteiger charge is -2.34. The smallest absolute Gasteiger partial charge is 0.414 e. The second-order valence-electron chi connectivity index (χ2n) is 10.8.